The fourth-order valence-electron chi connectivity index (χ4n) is 7.67. The minimum Gasteiger partial charge on any atom is -0.455 e. The van der Waals surface area contributed by atoms with Crippen LogP contribution >= 0.6 is 0 Å². The van der Waals surface area contributed by atoms with Gasteiger partial charge in [0.1, 0.15) is 22.3 Å². The van der Waals surface area contributed by atoms with Crippen molar-refractivity contribution >= 4 is 65.4 Å². The molecule has 52 heavy (non-hydrogen) atoms. The van der Waals surface area contributed by atoms with E-state index in [2.05, 4.69) is 84.9 Å². The molecule has 0 aliphatic carbocycles. The predicted molar refractivity (Wildman–Crippen MR) is 211 cm³/mol. The van der Waals surface area contributed by atoms with Crippen LogP contribution in [0.1, 0.15) is 0 Å². The van der Waals surface area contributed by atoms with Crippen LogP contribution in [0.15, 0.2) is 173 Å². The summed E-state index contributed by atoms with van der Waals surface area (Å²) >= 11 is 0. The normalized spacial score (nSPS) is 11.8. The topological polar surface area (TPSA) is 65.0 Å². The summed E-state index contributed by atoms with van der Waals surface area (Å²) in [6.07, 6.45) is 0. The Morgan fingerprint density at radius 1 is 0.327 bits per heavy atom. The van der Waals surface area contributed by atoms with E-state index in [1.807, 2.05) is 78.9 Å². The summed E-state index contributed by atoms with van der Waals surface area (Å²) in [4.78, 5) is 15.4. The Bertz CT molecular complexity index is 3190. The molecule has 0 N–H and O–H groups in total. The van der Waals surface area contributed by atoms with Gasteiger partial charge < -0.3 is 8.83 Å². The molecule has 11 rings (SSSR count). The number of fused-ring (bicyclic) bond motifs is 9. The van der Waals surface area contributed by atoms with E-state index < -0.39 is 0 Å². The van der Waals surface area contributed by atoms with Crippen molar-refractivity contribution in [1.29, 1.82) is 0 Å². The highest BCUT2D eigenvalue weighted by atomic mass is 16.3. The molecule has 5 heteroatoms. The predicted octanol–water partition coefficient (Wildman–Crippen LogP) is 12.6. The molecule has 0 atom stereocenters. The molecular formula is C47H27N3O2. The quantitative estimate of drug-likeness (QED) is 0.175. The monoisotopic (exact) mass is 665 g/mol. The lowest BCUT2D eigenvalue weighted by Crippen LogP contribution is -2.00. The number of para-hydroxylation sites is 3. The van der Waals surface area contributed by atoms with E-state index in [-0.39, 0.29) is 0 Å². The second-order valence-corrected chi connectivity index (χ2v) is 13.1. The third-order valence-electron chi connectivity index (χ3n) is 10.1. The molecule has 5 nitrogen and oxygen atoms in total. The van der Waals surface area contributed by atoms with Crippen molar-refractivity contribution in [2.24, 2.45) is 0 Å². The van der Waals surface area contributed by atoms with Crippen LogP contribution in [0.25, 0.3) is 111 Å². The van der Waals surface area contributed by atoms with Gasteiger partial charge in [-0.3, -0.25) is 0 Å². The molecule has 3 heterocycles. The summed E-state index contributed by atoms with van der Waals surface area (Å²) in [6.45, 7) is 0. The Morgan fingerprint density at radius 2 is 0.923 bits per heavy atom. The van der Waals surface area contributed by atoms with Gasteiger partial charge in [0.25, 0.3) is 0 Å². The van der Waals surface area contributed by atoms with Crippen LogP contribution in [0.5, 0.6) is 0 Å². The SMILES string of the molecule is c1ccc(-c2nc(-c3cccc4c3oc3ccccc34)nc(-c3ccc(-c4ccc5ccc6ccccc6c5c4)c4oc5ccccc5c34)n2)cc1. The minimum atomic E-state index is 0.542. The van der Waals surface area contributed by atoms with Crippen molar-refractivity contribution in [1.82, 2.24) is 15.0 Å². The van der Waals surface area contributed by atoms with Crippen LogP contribution < -0.4 is 0 Å². The van der Waals surface area contributed by atoms with Crippen LogP contribution in [-0.2, 0) is 0 Å². The van der Waals surface area contributed by atoms with Crippen LogP contribution in [0.2, 0.25) is 0 Å². The second kappa shape index (κ2) is 11.2. The summed E-state index contributed by atoms with van der Waals surface area (Å²) in [6, 6.07) is 56.3. The van der Waals surface area contributed by atoms with E-state index in [1.165, 1.54) is 21.5 Å². The average Bonchev–Trinajstić information content (AvgIpc) is 3.80. The van der Waals surface area contributed by atoms with Crippen molar-refractivity contribution in [2.45, 2.75) is 0 Å². The summed E-state index contributed by atoms with van der Waals surface area (Å²) in [5, 5.41) is 8.89. The lowest BCUT2D eigenvalue weighted by atomic mass is 9.94. The molecule has 3 aromatic heterocycles. The molecule has 0 saturated heterocycles. The zero-order valence-corrected chi connectivity index (χ0v) is 27.7. The van der Waals surface area contributed by atoms with Crippen LogP contribution in [0.3, 0.4) is 0 Å². The highest BCUT2D eigenvalue weighted by Crippen LogP contribution is 2.43. The van der Waals surface area contributed by atoms with Gasteiger partial charge >= 0.3 is 0 Å². The maximum atomic E-state index is 6.73. The summed E-state index contributed by atoms with van der Waals surface area (Å²) in [5.41, 5.74) is 7.84. The highest BCUT2D eigenvalue weighted by molar-refractivity contribution is 6.17. The van der Waals surface area contributed by atoms with Gasteiger partial charge in [-0.25, -0.2) is 15.0 Å². The van der Waals surface area contributed by atoms with E-state index in [4.69, 9.17) is 23.8 Å². The number of nitrogens with zero attached hydrogens (tertiary/aromatic N) is 3. The lowest BCUT2D eigenvalue weighted by Gasteiger charge is -2.12. The van der Waals surface area contributed by atoms with Crippen molar-refractivity contribution in [3.63, 3.8) is 0 Å². The minimum absolute atomic E-state index is 0.542. The Kier molecular flexibility index (Phi) is 6.18. The molecule has 0 fully saturated rings. The van der Waals surface area contributed by atoms with Gasteiger partial charge in [0.15, 0.2) is 17.5 Å². The highest BCUT2D eigenvalue weighted by Gasteiger charge is 2.22. The molecule has 11 aromatic rings. The molecule has 0 aliphatic rings. The summed E-state index contributed by atoms with van der Waals surface area (Å²) in [5.74, 6) is 1.68. The number of hydrogen-bond donors (Lipinski definition) is 0. The molecule has 0 radical (unpaired) electrons. The number of aromatic nitrogens is 3. The van der Waals surface area contributed by atoms with Gasteiger partial charge in [-0.15, -0.1) is 0 Å². The van der Waals surface area contributed by atoms with E-state index in [0.717, 1.165) is 71.7 Å². The fourth-order valence-corrected chi connectivity index (χ4v) is 7.67. The summed E-state index contributed by atoms with van der Waals surface area (Å²) in [7, 11) is 0. The number of benzene rings is 8. The van der Waals surface area contributed by atoms with Gasteiger partial charge in [-0.05, 0) is 63.5 Å². The molecule has 0 saturated carbocycles. The maximum absolute atomic E-state index is 6.73. The molecule has 0 unspecified atom stereocenters. The van der Waals surface area contributed by atoms with E-state index >= 15 is 0 Å². The van der Waals surface area contributed by atoms with Crippen LogP contribution in [0, 0.1) is 0 Å². The second-order valence-electron chi connectivity index (χ2n) is 13.1. The molecule has 0 bridgehead atoms. The van der Waals surface area contributed by atoms with Crippen molar-refractivity contribution in [3.8, 4) is 45.3 Å². The van der Waals surface area contributed by atoms with Gasteiger partial charge in [-0.2, -0.15) is 0 Å². The van der Waals surface area contributed by atoms with Crippen molar-refractivity contribution in [2.75, 3.05) is 0 Å². The Labute approximate surface area is 297 Å². The maximum Gasteiger partial charge on any atom is 0.167 e. The molecular weight excluding hydrogens is 639 g/mol. The largest absolute Gasteiger partial charge is 0.455 e. The zero-order chi connectivity index (χ0) is 34.2. The van der Waals surface area contributed by atoms with E-state index in [1.54, 1.807) is 0 Å². The molecule has 0 aliphatic heterocycles. The fraction of sp³-hybridized carbons (Fsp3) is 0. The molecule has 242 valence electrons. The lowest BCUT2D eigenvalue weighted by molar-refractivity contribution is 0.669. The van der Waals surface area contributed by atoms with Gasteiger partial charge in [0.2, 0.25) is 0 Å². The Hall–Kier alpha value is -7.11. The first-order chi connectivity index (χ1) is 25.8. The average molecular weight is 666 g/mol. The van der Waals surface area contributed by atoms with Crippen LogP contribution in [-0.4, -0.2) is 15.0 Å². The summed E-state index contributed by atoms with van der Waals surface area (Å²) < 4.78 is 13.2. The first-order valence-electron chi connectivity index (χ1n) is 17.4. The smallest absolute Gasteiger partial charge is 0.167 e. The van der Waals surface area contributed by atoms with Gasteiger partial charge in [0, 0.05) is 38.2 Å². The molecule has 8 aromatic carbocycles. The zero-order valence-electron chi connectivity index (χ0n) is 27.7. The third-order valence-corrected chi connectivity index (χ3v) is 10.1. The van der Waals surface area contributed by atoms with Gasteiger partial charge in [0.05, 0.1) is 5.56 Å². The Balaban J connectivity index is 1.18. The first-order valence-corrected chi connectivity index (χ1v) is 17.4. The standard InChI is InChI=1S/C47H27N3O2/c1-2-12-30(13-3-1)45-48-46(50-47(49-45)38-18-10-17-35-34-15-6-8-19-40(34)51-43(35)38)37-26-25-33(44-42(37)36-16-7-9-20-41(36)52-44)31-24-23-29-22-21-28-11-4-5-14-32(28)39(29)27-31/h1-27H. The first kappa shape index (κ1) is 28.7. The van der Waals surface area contributed by atoms with Gasteiger partial charge in [-0.1, -0.05) is 127 Å². The van der Waals surface area contributed by atoms with Crippen molar-refractivity contribution < 1.29 is 8.83 Å². The van der Waals surface area contributed by atoms with E-state index in [0.29, 0.717) is 17.5 Å². The Morgan fingerprint density at radius 3 is 1.77 bits per heavy atom. The number of furan rings is 2. The third kappa shape index (κ3) is 4.39. The molecule has 0 spiro atoms. The number of rotatable bonds is 4. The van der Waals surface area contributed by atoms with Crippen molar-refractivity contribution in [3.05, 3.63) is 164 Å². The van der Waals surface area contributed by atoms with E-state index in [9.17, 15) is 0 Å². The number of hydrogen-bond acceptors (Lipinski definition) is 5. The molecule has 0 amide bonds. The van der Waals surface area contributed by atoms with Crippen LogP contribution in [0.4, 0.5) is 0 Å².